The fourth-order valence-corrected chi connectivity index (χ4v) is 3.02. The number of unbranched alkanes of at least 4 members (excludes halogenated alkanes) is 2. The molecular weight excluding hydrogens is 310 g/mol. The number of aromatic carboxylic acids is 1. The molecular formula is C18H21NO3S. The lowest BCUT2D eigenvalue weighted by atomic mass is 10.1. The molecule has 0 unspecified atom stereocenters. The predicted octanol–water partition coefficient (Wildman–Crippen LogP) is 3.87. The summed E-state index contributed by atoms with van der Waals surface area (Å²) < 4.78 is 0. The molecule has 1 aromatic heterocycles. The van der Waals surface area contributed by atoms with E-state index in [1.165, 1.54) is 4.88 Å². The summed E-state index contributed by atoms with van der Waals surface area (Å²) in [7, 11) is 0. The van der Waals surface area contributed by atoms with Gasteiger partial charge in [0.25, 0.3) is 0 Å². The summed E-state index contributed by atoms with van der Waals surface area (Å²) in [6, 6.07) is 10.8. The van der Waals surface area contributed by atoms with Gasteiger partial charge in [-0.2, -0.15) is 0 Å². The Bertz CT molecular complexity index is 620. The number of carbonyl (C=O) groups excluding carboxylic acids is 1. The van der Waals surface area contributed by atoms with Crippen molar-refractivity contribution in [2.24, 2.45) is 0 Å². The van der Waals surface area contributed by atoms with Crippen molar-refractivity contribution in [1.29, 1.82) is 0 Å². The number of hydrogen-bond acceptors (Lipinski definition) is 3. The number of carbonyl (C=O) groups is 2. The lowest BCUT2D eigenvalue weighted by molar-refractivity contribution is -0.121. The first-order valence-electron chi connectivity index (χ1n) is 7.76. The van der Waals surface area contributed by atoms with Crippen LogP contribution in [0.5, 0.6) is 0 Å². The van der Waals surface area contributed by atoms with Crippen LogP contribution >= 0.6 is 11.3 Å². The molecule has 0 aliphatic rings. The molecule has 2 aromatic rings. The normalized spacial score (nSPS) is 10.4. The highest BCUT2D eigenvalue weighted by molar-refractivity contribution is 7.09. The van der Waals surface area contributed by atoms with E-state index in [1.54, 1.807) is 35.6 Å². The average Bonchev–Trinajstić information content (AvgIpc) is 3.06. The van der Waals surface area contributed by atoms with Crippen LogP contribution in [-0.2, 0) is 17.8 Å². The minimum atomic E-state index is -0.942. The van der Waals surface area contributed by atoms with Crippen LogP contribution in [0.1, 0.15) is 46.5 Å². The van der Waals surface area contributed by atoms with Crippen molar-refractivity contribution in [3.05, 3.63) is 57.8 Å². The highest BCUT2D eigenvalue weighted by Crippen LogP contribution is 2.13. The maximum atomic E-state index is 11.8. The van der Waals surface area contributed by atoms with E-state index >= 15 is 0 Å². The molecule has 23 heavy (non-hydrogen) atoms. The molecule has 0 atom stereocenters. The van der Waals surface area contributed by atoms with Crippen LogP contribution in [0.2, 0.25) is 0 Å². The zero-order valence-electron chi connectivity index (χ0n) is 13.0. The van der Waals surface area contributed by atoms with Gasteiger partial charge in [0.15, 0.2) is 0 Å². The highest BCUT2D eigenvalue weighted by atomic mass is 32.1. The lowest BCUT2D eigenvalue weighted by Gasteiger charge is -2.06. The quantitative estimate of drug-likeness (QED) is 0.686. The van der Waals surface area contributed by atoms with E-state index in [-0.39, 0.29) is 11.5 Å². The van der Waals surface area contributed by atoms with Gasteiger partial charge in [0, 0.05) is 17.8 Å². The molecule has 1 amide bonds. The summed E-state index contributed by atoms with van der Waals surface area (Å²) in [4.78, 5) is 23.9. The molecule has 2 rings (SSSR count). The third kappa shape index (κ3) is 6.24. The van der Waals surface area contributed by atoms with Crippen molar-refractivity contribution in [1.82, 2.24) is 5.32 Å². The second-order valence-corrected chi connectivity index (χ2v) is 6.45. The Morgan fingerprint density at radius 2 is 1.83 bits per heavy atom. The summed E-state index contributed by atoms with van der Waals surface area (Å²) in [5.74, 6) is -0.897. The molecule has 122 valence electrons. The molecule has 0 aliphatic carbocycles. The first kappa shape index (κ1) is 17.2. The van der Waals surface area contributed by atoms with Crippen molar-refractivity contribution in [2.45, 2.75) is 38.6 Å². The molecule has 1 heterocycles. The second kappa shape index (κ2) is 9.10. The van der Waals surface area contributed by atoms with Gasteiger partial charge in [0.05, 0.1) is 5.56 Å². The zero-order chi connectivity index (χ0) is 16.5. The number of carboxylic acid groups (broad SMARTS) is 1. The lowest BCUT2D eigenvalue weighted by Crippen LogP contribution is -2.22. The van der Waals surface area contributed by atoms with Gasteiger partial charge in [-0.1, -0.05) is 24.6 Å². The van der Waals surface area contributed by atoms with Gasteiger partial charge in [0.1, 0.15) is 0 Å². The third-order valence-corrected chi connectivity index (χ3v) is 4.53. The van der Waals surface area contributed by atoms with Crippen LogP contribution in [0.3, 0.4) is 0 Å². The van der Waals surface area contributed by atoms with E-state index < -0.39 is 5.97 Å². The number of rotatable bonds is 9. The van der Waals surface area contributed by atoms with E-state index in [0.29, 0.717) is 13.0 Å². The minimum absolute atomic E-state index is 0.0448. The minimum Gasteiger partial charge on any atom is -0.478 e. The van der Waals surface area contributed by atoms with Gasteiger partial charge in [0.2, 0.25) is 5.91 Å². The summed E-state index contributed by atoms with van der Waals surface area (Å²) in [5, 5.41) is 13.8. The standard InChI is InChI=1S/C18H21NO3S/c20-17(7-3-1-2-5-16-6-4-12-23-16)19-13-14-8-10-15(11-9-14)18(21)22/h4,6,8-12H,1-3,5,7,13H2,(H,19,20)(H,21,22). The molecule has 0 aliphatic heterocycles. The number of benzene rings is 1. The van der Waals surface area contributed by atoms with Crippen molar-refractivity contribution in [3.8, 4) is 0 Å². The van der Waals surface area contributed by atoms with Crippen LogP contribution in [0.15, 0.2) is 41.8 Å². The molecule has 0 saturated carbocycles. The zero-order valence-corrected chi connectivity index (χ0v) is 13.8. The maximum Gasteiger partial charge on any atom is 0.335 e. The Labute approximate surface area is 140 Å². The third-order valence-electron chi connectivity index (χ3n) is 3.60. The van der Waals surface area contributed by atoms with Gasteiger partial charge in [-0.25, -0.2) is 4.79 Å². The van der Waals surface area contributed by atoms with Crippen molar-refractivity contribution >= 4 is 23.2 Å². The second-order valence-electron chi connectivity index (χ2n) is 5.42. The molecule has 2 N–H and O–H groups in total. The van der Waals surface area contributed by atoms with Crippen LogP contribution in [-0.4, -0.2) is 17.0 Å². The Morgan fingerprint density at radius 3 is 2.48 bits per heavy atom. The molecule has 0 radical (unpaired) electrons. The summed E-state index contributed by atoms with van der Waals surface area (Å²) in [6.07, 6.45) is 4.70. The SMILES string of the molecule is O=C(CCCCCc1cccs1)NCc1ccc(C(=O)O)cc1. The monoisotopic (exact) mass is 331 g/mol. The largest absolute Gasteiger partial charge is 0.478 e. The molecule has 1 aromatic carbocycles. The smallest absolute Gasteiger partial charge is 0.335 e. The van der Waals surface area contributed by atoms with Crippen LogP contribution in [0, 0.1) is 0 Å². The maximum absolute atomic E-state index is 11.8. The van der Waals surface area contributed by atoms with Crippen LogP contribution in [0.4, 0.5) is 0 Å². The number of nitrogens with one attached hydrogen (secondary N) is 1. The van der Waals surface area contributed by atoms with E-state index in [2.05, 4.69) is 22.8 Å². The van der Waals surface area contributed by atoms with Crippen LogP contribution in [0.25, 0.3) is 0 Å². The fourth-order valence-electron chi connectivity index (χ4n) is 2.27. The molecule has 0 saturated heterocycles. The van der Waals surface area contributed by atoms with Gasteiger partial charge < -0.3 is 10.4 Å². The van der Waals surface area contributed by atoms with Crippen molar-refractivity contribution in [3.63, 3.8) is 0 Å². The summed E-state index contributed by atoms with van der Waals surface area (Å²) in [5.41, 5.74) is 1.16. The Hall–Kier alpha value is -2.14. The van der Waals surface area contributed by atoms with Crippen LogP contribution < -0.4 is 5.32 Å². The van der Waals surface area contributed by atoms with E-state index in [1.807, 2.05) is 0 Å². The predicted molar refractivity (Wildman–Crippen MR) is 91.7 cm³/mol. The van der Waals surface area contributed by atoms with Crippen molar-refractivity contribution in [2.75, 3.05) is 0 Å². The Kier molecular flexibility index (Phi) is 6.81. The number of thiophene rings is 1. The first-order valence-corrected chi connectivity index (χ1v) is 8.64. The molecule has 0 fully saturated rings. The topological polar surface area (TPSA) is 66.4 Å². The van der Waals surface area contributed by atoms with Gasteiger partial charge in [-0.15, -0.1) is 11.3 Å². The Balaban J connectivity index is 1.58. The van der Waals surface area contributed by atoms with Gasteiger partial charge >= 0.3 is 5.97 Å². The Morgan fingerprint density at radius 1 is 1.04 bits per heavy atom. The number of hydrogen-bond donors (Lipinski definition) is 2. The van der Waals surface area contributed by atoms with Crippen molar-refractivity contribution < 1.29 is 14.7 Å². The number of aryl methyl sites for hydroxylation is 1. The van der Waals surface area contributed by atoms with Gasteiger partial charge in [-0.3, -0.25) is 4.79 Å². The molecule has 0 bridgehead atoms. The fraction of sp³-hybridized carbons (Fsp3) is 0.333. The number of amides is 1. The first-order chi connectivity index (χ1) is 11.1. The molecule has 5 heteroatoms. The van der Waals surface area contributed by atoms with E-state index in [9.17, 15) is 9.59 Å². The van der Waals surface area contributed by atoms with Gasteiger partial charge in [-0.05, 0) is 48.4 Å². The summed E-state index contributed by atoms with van der Waals surface area (Å²) >= 11 is 1.78. The average molecular weight is 331 g/mol. The van der Waals surface area contributed by atoms with E-state index in [4.69, 9.17) is 5.11 Å². The molecule has 0 spiro atoms. The number of carboxylic acids is 1. The summed E-state index contributed by atoms with van der Waals surface area (Å²) in [6.45, 7) is 0.438. The highest BCUT2D eigenvalue weighted by Gasteiger charge is 2.04. The molecule has 4 nitrogen and oxygen atoms in total. The van der Waals surface area contributed by atoms with E-state index in [0.717, 1.165) is 31.2 Å².